The van der Waals surface area contributed by atoms with Gasteiger partial charge >= 0.3 is 0 Å². The first-order valence-electron chi connectivity index (χ1n) is 5.73. The van der Waals surface area contributed by atoms with Crippen LogP contribution in [0, 0.1) is 13.8 Å². The lowest BCUT2D eigenvalue weighted by Crippen LogP contribution is -2.10. The average Bonchev–Trinajstić information content (AvgIpc) is 2.79. The van der Waals surface area contributed by atoms with Crippen molar-refractivity contribution in [1.82, 2.24) is 24.7 Å². The van der Waals surface area contributed by atoms with Gasteiger partial charge in [-0.15, -0.1) is 10.2 Å². The van der Waals surface area contributed by atoms with Crippen molar-refractivity contribution in [2.75, 3.05) is 5.32 Å². The molecule has 0 aromatic carbocycles. The summed E-state index contributed by atoms with van der Waals surface area (Å²) < 4.78 is 1.97. The molecule has 0 spiro atoms. The Morgan fingerprint density at radius 2 is 2.11 bits per heavy atom. The van der Waals surface area contributed by atoms with Crippen LogP contribution >= 0.6 is 11.6 Å². The molecule has 0 radical (unpaired) electrons. The number of halogens is 1. The average molecular weight is 267 g/mol. The second kappa shape index (κ2) is 5.30. The van der Waals surface area contributed by atoms with Gasteiger partial charge in [0.2, 0.25) is 0 Å². The summed E-state index contributed by atoms with van der Waals surface area (Å²) in [4.78, 5) is 8.42. The van der Waals surface area contributed by atoms with Gasteiger partial charge < -0.3 is 9.88 Å². The van der Waals surface area contributed by atoms with Crippen LogP contribution in [0.3, 0.4) is 0 Å². The maximum Gasteiger partial charge on any atom is 0.152 e. The Bertz CT molecular complexity index is 550. The first-order chi connectivity index (χ1) is 8.61. The highest BCUT2D eigenvalue weighted by Gasteiger charge is 2.08. The molecular weight excluding hydrogens is 252 g/mol. The molecule has 0 aliphatic heterocycles. The lowest BCUT2D eigenvalue weighted by Gasteiger charge is -2.10. The molecule has 2 aromatic heterocycles. The van der Waals surface area contributed by atoms with Crippen molar-refractivity contribution < 1.29 is 0 Å². The lowest BCUT2D eigenvalue weighted by atomic mass is 10.3. The van der Waals surface area contributed by atoms with E-state index in [0.717, 1.165) is 23.8 Å². The van der Waals surface area contributed by atoms with Gasteiger partial charge in [-0.3, -0.25) is 0 Å². The van der Waals surface area contributed by atoms with Crippen LogP contribution in [-0.4, -0.2) is 24.7 Å². The van der Waals surface area contributed by atoms with E-state index in [0.29, 0.717) is 17.5 Å². The zero-order valence-electron chi connectivity index (χ0n) is 10.6. The fraction of sp³-hybridized carbons (Fsp3) is 0.455. The fourth-order valence-electron chi connectivity index (χ4n) is 1.61. The maximum atomic E-state index is 6.01. The number of hydrogen-bond acceptors (Lipinski definition) is 5. The second-order valence-corrected chi connectivity index (χ2v) is 4.28. The zero-order chi connectivity index (χ0) is 13.1. The fourth-order valence-corrected chi connectivity index (χ4v) is 1.82. The molecule has 18 heavy (non-hydrogen) atoms. The highest BCUT2D eigenvalue weighted by Crippen LogP contribution is 2.19. The number of anilines is 1. The minimum absolute atomic E-state index is 0.474. The van der Waals surface area contributed by atoms with Gasteiger partial charge in [-0.2, -0.15) is 0 Å². The van der Waals surface area contributed by atoms with Crippen LogP contribution in [0.5, 0.6) is 0 Å². The van der Waals surface area contributed by atoms with E-state index < -0.39 is 0 Å². The monoisotopic (exact) mass is 266 g/mol. The Kier molecular flexibility index (Phi) is 3.76. The van der Waals surface area contributed by atoms with Gasteiger partial charge in [-0.1, -0.05) is 11.6 Å². The number of nitrogens with one attached hydrogen (secondary N) is 1. The van der Waals surface area contributed by atoms with E-state index in [2.05, 4.69) is 25.5 Å². The number of aryl methyl sites for hydroxylation is 2. The Hall–Kier alpha value is -1.69. The second-order valence-electron chi connectivity index (χ2n) is 3.92. The molecule has 0 aliphatic rings. The van der Waals surface area contributed by atoms with E-state index in [-0.39, 0.29) is 0 Å². The minimum Gasteiger partial charge on any atom is -0.362 e. The van der Waals surface area contributed by atoms with Crippen molar-refractivity contribution in [1.29, 1.82) is 0 Å². The first-order valence-corrected chi connectivity index (χ1v) is 6.11. The van der Waals surface area contributed by atoms with Crippen molar-refractivity contribution in [3.05, 3.63) is 28.7 Å². The molecule has 0 saturated heterocycles. The molecule has 7 heteroatoms. The summed E-state index contributed by atoms with van der Waals surface area (Å²) in [6.45, 7) is 7.14. The smallest absolute Gasteiger partial charge is 0.152 e. The number of hydrogen-bond donors (Lipinski definition) is 1. The molecule has 0 fully saturated rings. The van der Waals surface area contributed by atoms with E-state index in [4.69, 9.17) is 11.6 Å². The predicted molar refractivity (Wildman–Crippen MR) is 69.5 cm³/mol. The summed E-state index contributed by atoms with van der Waals surface area (Å²) in [5, 5.41) is 11.6. The van der Waals surface area contributed by atoms with Crippen LogP contribution in [0.4, 0.5) is 5.82 Å². The van der Waals surface area contributed by atoms with Crippen molar-refractivity contribution in [2.45, 2.75) is 33.9 Å². The van der Waals surface area contributed by atoms with Crippen LogP contribution < -0.4 is 5.32 Å². The number of rotatable bonds is 4. The van der Waals surface area contributed by atoms with Crippen molar-refractivity contribution in [3.63, 3.8) is 0 Å². The Balaban J connectivity index is 2.16. The molecular formula is C11H15ClN6. The number of aromatic nitrogens is 5. The first kappa shape index (κ1) is 12.8. The molecule has 0 amide bonds. The van der Waals surface area contributed by atoms with Crippen LogP contribution in [0.1, 0.15) is 24.1 Å². The van der Waals surface area contributed by atoms with E-state index in [1.165, 1.54) is 0 Å². The SMILES string of the molecule is CCn1cnnc1CNc1nc(C)nc(Cl)c1C. The topological polar surface area (TPSA) is 68.5 Å². The Labute approximate surface area is 110 Å². The third-order valence-electron chi connectivity index (χ3n) is 2.65. The van der Waals surface area contributed by atoms with E-state index in [1.807, 2.05) is 25.3 Å². The standard InChI is InChI=1S/C11H15ClN6/c1-4-18-6-14-17-9(18)5-13-11-7(2)10(12)15-8(3)16-11/h6H,4-5H2,1-3H3,(H,13,15,16). The summed E-state index contributed by atoms with van der Waals surface area (Å²) in [7, 11) is 0. The summed E-state index contributed by atoms with van der Waals surface area (Å²) in [6, 6.07) is 0. The molecule has 2 aromatic rings. The predicted octanol–water partition coefficient (Wildman–Crippen LogP) is 1.97. The van der Waals surface area contributed by atoms with Gasteiger partial charge in [-0.05, 0) is 20.8 Å². The largest absolute Gasteiger partial charge is 0.362 e. The highest BCUT2D eigenvalue weighted by molar-refractivity contribution is 6.30. The summed E-state index contributed by atoms with van der Waals surface area (Å²) in [6.07, 6.45) is 1.71. The van der Waals surface area contributed by atoms with Crippen molar-refractivity contribution >= 4 is 17.4 Å². The molecule has 6 nitrogen and oxygen atoms in total. The lowest BCUT2D eigenvalue weighted by molar-refractivity contribution is 0.707. The molecule has 96 valence electrons. The van der Waals surface area contributed by atoms with Gasteiger partial charge in [0.05, 0.1) is 6.54 Å². The van der Waals surface area contributed by atoms with Crippen LogP contribution in [0.2, 0.25) is 5.15 Å². The minimum atomic E-state index is 0.474. The van der Waals surface area contributed by atoms with Gasteiger partial charge in [0.1, 0.15) is 23.1 Å². The molecule has 0 saturated carbocycles. The molecule has 0 bridgehead atoms. The van der Waals surface area contributed by atoms with Gasteiger partial charge in [-0.25, -0.2) is 9.97 Å². The molecule has 1 N–H and O–H groups in total. The van der Waals surface area contributed by atoms with E-state index in [1.54, 1.807) is 6.33 Å². The highest BCUT2D eigenvalue weighted by atomic mass is 35.5. The quantitative estimate of drug-likeness (QED) is 0.857. The summed E-state index contributed by atoms with van der Waals surface area (Å²) >= 11 is 6.01. The van der Waals surface area contributed by atoms with Crippen LogP contribution in [-0.2, 0) is 13.1 Å². The molecule has 0 atom stereocenters. The number of nitrogens with zero attached hydrogens (tertiary/aromatic N) is 5. The maximum absolute atomic E-state index is 6.01. The normalized spacial score (nSPS) is 10.7. The molecule has 0 unspecified atom stereocenters. The summed E-state index contributed by atoms with van der Waals surface area (Å²) in [5.41, 5.74) is 0.838. The van der Waals surface area contributed by atoms with Crippen molar-refractivity contribution in [2.24, 2.45) is 0 Å². The summed E-state index contributed by atoms with van der Waals surface area (Å²) in [5.74, 6) is 2.24. The van der Waals surface area contributed by atoms with Crippen LogP contribution in [0.15, 0.2) is 6.33 Å². The Morgan fingerprint density at radius 3 is 2.83 bits per heavy atom. The van der Waals surface area contributed by atoms with Gasteiger partial charge in [0, 0.05) is 12.1 Å². The molecule has 0 aliphatic carbocycles. The third kappa shape index (κ3) is 2.59. The van der Waals surface area contributed by atoms with E-state index in [9.17, 15) is 0 Å². The van der Waals surface area contributed by atoms with E-state index >= 15 is 0 Å². The zero-order valence-corrected chi connectivity index (χ0v) is 11.4. The van der Waals surface area contributed by atoms with Crippen LogP contribution in [0.25, 0.3) is 0 Å². The van der Waals surface area contributed by atoms with Crippen molar-refractivity contribution in [3.8, 4) is 0 Å². The van der Waals surface area contributed by atoms with Gasteiger partial charge in [0.15, 0.2) is 5.82 Å². The Morgan fingerprint density at radius 1 is 1.33 bits per heavy atom. The van der Waals surface area contributed by atoms with Gasteiger partial charge in [0.25, 0.3) is 0 Å². The molecule has 2 heterocycles. The molecule has 2 rings (SSSR count). The third-order valence-corrected chi connectivity index (χ3v) is 3.02.